The Morgan fingerprint density at radius 3 is 2.24 bits per heavy atom. The summed E-state index contributed by atoms with van der Waals surface area (Å²) in [5, 5.41) is 11.9. The summed E-state index contributed by atoms with van der Waals surface area (Å²) in [4.78, 5) is 25.3. The molecule has 0 heterocycles. The van der Waals surface area contributed by atoms with E-state index in [2.05, 4.69) is 12.2 Å². The van der Waals surface area contributed by atoms with Crippen molar-refractivity contribution >= 4 is 12.0 Å². The maximum atomic E-state index is 12.3. The maximum absolute atomic E-state index is 12.3. The van der Waals surface area contributed by atoms with Crippen LogP contribution in [0, 0.1) is 11.8 Å². The van der Waals surface area contributed by atoms with Crippen molar-refractivity contribution in [2.24, 2.45) is 11.8 Å². The number of carboxylic acids is 1. The largest absolute Gasteiger partial charge is 0.480 e. The van der Waals surface area contributed by atoms with E-state index in [0.29, 0.717) is 0 Å². The second kappa shape index (κ2) is 8.25. The van der Waals surface area contributed by atoms with Crippen LogP contribution in [0.25, 0.3) is 0 Å². The lowest BCUT2D eigenvalue weighted by Gasteiger charge is -2.35. The zero-order valence-corrected chi connectivity index (χ0v) is 13.8. The van der Waals surface area contributed by atoms with Crippen LogP contribution in [0.15, 0.2) is 0 Å². The van der Waals surface area contributed by atoms with Crippen LogP contribution in [0.1, 0.15) is 59.3 Å². The van der Waals surface area contributed by atoms with Gasteiger partial charge in [0.25, 0.3) is 0 Å². The van der Waals surface area contributed by atoms with Gasteiger partial charge in [-0.25, -0.2) is 9.59 Å². The predicted octanol–water partition coefficient (Wildman–Crippen LogP) is 3.10. The van der Waals surface area contributed by atoms with Crippen LogP contribution in [0.5, 0.6) is 0 Å². The number of amides is 2. The van der Waals surface area contributed by atoms with Gasteiger partial charge in [-0.3, -0.25) is 0 Å². The van der Waals surface area contributed by atoms with Gasteiger partial charge >= 0.3 is 12.0 Å². The number of nitrogens with zero attached hydrogens (tertiary/aromatic N) is 1. The molecule has 2 N–H and O–H groups in total. The van der Waals surface area contributed by atoms with Crippen molar-refractivity contribution in [3.05, 3.63) is 0 Å². The SMILES string of the molecule is CCC1CCC(N(C)C(=O)N[C@H](C(=O)O)C(C)CC)CC1. The molecule has 21 heavy (non-hydrogen) atoms. The Bertz CT molecular complexity index is 351. The minimum Gasteiger partial charge on any atom is -0.480 e. The zero-order valence-electron chi connectivity index (χ0n) is 13.8. The van der Waals surface area contributed by atoms with E-state index in [1.165, 1.54) is 6.42 Å². The molecule has 2 amide bonds. The Kier molecular flexibility index (Phi) is 6.99. The third-order valence-electron chi connectivity index (χ3n) is 5.02. The zero-order chi connectivity index (χ0) is 16.0. The Labute approximate surface area is 128 Å². The highest BCUT2D eigenvalue weighted by atomic mass is 16.4. The standard InChI is InChI=1S/C16H30N2O3/c1-5-11(3)14(15(19)20)17-16(21)18(4)13-9-7-12(6-2)8-10-13/h11-14H,5-10H2,1-4H3,(H,17,21)(H,19,20)/t11?,12?,13?,14-/m0/s1. The topological polar surface area (TPSA) is 69.6 Å². The summed E-state index contributed by atoms with van der Waals surface area (Å²) in [6.07, 6.45) is 6.28. The van der Waals surface area contributed by atoms with E-state index < -0.39 is 12.0 Å². The van der Waals surface area contributed by atoms with Gasteiger partial charge < -0.3 is 15.3 Å². The first-order chi connectivity index (χ1) is 9.90. The van der Waals surface area contributed by atoms with Gasteiger partial charge in [0.2, 0.25) is 0 Å². The number of aliphatic carboxylic acids is 1. The highest BCUT2D eigenvalue weighted by molar-refractivity contribution is 5.82. The Hall–Kier alpha value is -1.26. The summed E-state index contributed by atoms with van der Waals surface area (Å²) in [6.45, 7) is 6.00. The summed E-state index contributed by atoms with van der Waals surface area (Å²) in [5.41, 5.74) is 0. The van der Waals surface area contributed by atoms with Crippen molar-refractivity contribution in [1.29, 1.82) is 0 Å². The molecule has 0 bridgehead atoms. The molecule has 0 saturated heterocycles. The summed E-state index contributed by atoms with van der Waals surface area (Å²) in [5.74, 6) is -0.249. The molecule has 0 aromatic carbocycles. The van der Waals surface area contributed by atoms with E-state index in [4.69, 9.17) is 0 Å². The van der Waals surface area contributed by atoms with Gasteiger partial charge in [0.15, 0.2) is 0 Å². The van der Waals surface area contributed by atoms with Crippen LogP contribution in [0.3, 0.4) is 0 Å². The van der Waals surface area contributed by atoms with Gasteiger partial charge in [-0.05, 0) is 37.5 Å². The minimum absolute atomic E-state index is 0.0734. The molecule has 122 valence electrons. The van der Waals surface area contributed by atoms with Gasteiger partial charge in [0.1, 0.15) is 6.04 Å². The van der Waals surface area contributed by atoms with E-state index in [0.717, 1.165) is 38.0 Å². The van der Waals surface area contributed by atoms with Crippen LogP contribution < -0.4 is 5.32 Å². The molecule has 0 aromatic rings. The van der Waals surface area contributed by atoms with Crippen LogP contribution in [-0.2, 0) is 4.79 Å². The third-order valence-corrected chi connectivity index (χ3v) is 5.02. The first-order valence-corrected chi connectivity index (χ1v) is 8.16. The number of carbonyl (C=O) groups excluding carboxylic acids is 1. The highest BCUT2D eigenvalue weighted by Crippen LogP contribution is 2.29. The molecule has 1 unspecified atom stereocenters. The lowest BCUT2D eigenvalue weighted by atomic mass is 9.84. The number of carboxylic acid groups (broad SMARTS) is 1. The molecule has 1 fully saturated rings. The van der Waals surface area contributed by atoms with E-state index >= 15 is 0 Å². The number of hydrogen-bond donors (Lipinski definition) is 2. The maximum Gasteiger partial charge on any atom is 0.326 e. The number of rotatable bonds is 6. The lowest BCUT2D eigenvalue weighted by molar-refractivity contribution is -0.140. The summed E-state index contributed by atoms with van der Waals surface area (Å²) in [6, 6.07) is -0.834. The molecule has 0 radical (unpaired) electrons. The molecule has 5 nitrogen and oxygen atoms in total. The molecule has 2 atom stereocenters. The molecule has 5 heteroatoms. The summed E-state index contributed by atoms with van der Waals surface area (Å²) < 4.78 is 0. The van der Waals surface area contributed by atoms with E-state index in [9.17, 15) is 14.7 Å². The van der Waals surface area contributed by atoms with Crippen LogP contribution >= 0.6 is 0 Å². The molecular formula is C16H30N2O3. The molecule has 1 rings (SSSR count). The molecule has 1 saturated carbocycles. The fraction of sp³-hybridized carbons (Fsp3) is 0.875. The smallest absolute Gasteiger partial charge is 0.326 e. The van der Waals surface area contributed by atoms with Gasteiger partial charge in [0, 0.05) is 13.1 Å². The van der Waals surface area contributed by atoms with E-state index in [1.54, 1.807) is 11.9 Å². The minimum atomic E-state index is -0.958. The lowest BCUT2D eigenvalue weighted by Crippen LogP contribution is -2.52. The van der Waals surface area contributed by atoms with Gasteiger partial charge in [-0.15, -0.1) is 0 Å². The Balaban J connectivity index is 2.55. The Morgan fingerprint density at radius 2 is 1.81 bits per heavy atom. The fourth-order valence-electron chi connectivity index (χ4n) is 3.02. The van der Waals surface area contributed by atoms with Gasteiger partial charge in [-0.1, -0.05) is 33.6 Å². The average molecular weight is 298 g/mol. The monoisotopic (exact) mass is 298 g/mol. The van der Waals surface area contributed by atoms with Crippen molar-refractivity contribution in [3.8, 4) is 0 Å². The molecule has 0 aromatic heterocycles. The predicted molar refractivity (Wildman–Crippen MR) is 83.2 cm³/mol. The second-order valence-electron chi connectivity index (χ2n) is 6.34. The number of urea groups is 1. The van der Waals surface area contributed by atoms with E-state index in [-0.39, 0.29) is 18.0 Å². The van der Waals surface area contributed by atoms with Crippen LogP contribution in [0.2, 0.25) is 0 Å². The molecule has 0 aliphatic heterocycles. The molecule has 1 aliphatic carbocycles. The van der Waals surface area contributed by atoms with Crippen molar-refractivity contribution in [1.82, 2.24) is 10.2 Å². The van der Waals surface area contributed by atoms with Gasteiger partial charge in [0.05, 0.1) is 0 Å². The molecule has 1 aliphatic rings. The first-order valence-electron chi connectivity index (χ1n) is 8.16. The summed E-state index contributed by atoms with van der Waals surface area (Å²) >= 11 is 0. The van der Waals surface area contributed by atoms with Gasteiger partial charge in [-0.2, -0.15) is 0 Å². The Morgan fingerprint density at radius 1 is 1.24 bits per heavy atom. The molecular weight excluding hydrogens is 268 g/mol. The van der Waals surface area contributed by atoms with E-state index in [1.807, 2.05) is 13.8 Å². The van der Waals surface area contributed by atoms with Crippen LogP contribution in [-0.4, -0.2) is 41.1 Å². The second-order valence-corrected chi connectivity index (χ2v) is 6.34. The number of hydrogen-bond acceptors (Lipinski definition) is 2. The third kappa shape index (κ3) is 4.90. The molecule has 0 spiro atoms. The first kappa shape index (κ1) is 17.8. The number of nitrogens with one attached hydrogen (secondary N) is 1. The van der Waals surface area contributed by atoms with Crippen LogP contribution in [0.4, 0.5) is 4.79 Å². The van der Waals surface area contributed by atoms with Crippen molar-refractivity contribution in [3.63, 3.8) is 0 Å². The quantitative estimate of drug-likeness (QED) is 0.791. The van der Waals surface area contributed by atoms with Crippen molar-refractivity contribution in [2.45, 2.75) is 71.4 Å². The average Bonchev–Trinajstić information content (AvgIpc) is 2.50. The normalized spacial score (nSPS) is 25.0. The summed E-state index contributed by atoms with van der Waals surface area (Å²) in [7, 11) is 1.78. The number of carbonyl (C=O) groups is 2. The highest BCUT2D eigenvalue weighted by Gasteiger charge is 2.30. The fourth-order valence-corrected chi connectivity index (χ4v) is 3.02. The van der Waals surface area contributed by atoms with Crippen molar-refractivity contribution in [2.75, 3.05) is 7.05 Å². The van der Waals surface area contributed by atoms with Crippen molar-refractivity contribution < 1.29 is 14.7 Å².